The Bertz CT molecular complexity index is 5420. The summed E-state index contributed by atoms with van der Waals surface area (Å²) in [6.07, 6.45) is 8.73. The van der Waals surface area contributed by atoms with Gasteiger partial charge in [-0.3, -0.25) is 0 Å². The summed E-state index contributed by atoms with van der Waals surface area (Å²) < 4.78 is 21.7. The van der Waals surface area contributed by atoms with Crippen molar-refractivity contribution in [3.05, 3.63) is 139 Å². The molecular formula is C72H70Cl8N28O4. The minimum absolute atomic E-state index is 0.184. The summed E-state index contributed by atoms with van der Waals surface area (Å²) in [5, 5.41) is 37.7. The van der Waals surface area contributed by atoms with E-state index in [4.69, 9.17) is 166 Å². The molecule has 6 atom stereocenters. The second-order valence-corrected chi connectivity index (χ2v) is 31.9. The van der Waals surface area contributed by atoms with Gasteiger partial charge in [-0.2, -0.15) is 0 Å². The van der Waals surface area contributed by atoms with Crippen LogP contribution in [0.1, 0.15) is 32.6 Å². The smallest absolute Gasteiger partial charge is 0.269 e. The zero-order valence-electron chi connectivity index (χ0n) is 59.6. The molecule has 19 rings (SSSR count). The predicted octanol–water partition coefficient (Wildman–Crippen LogP) is 11.9. The molecule has 0 spiro atoms. The van der Waals surface area contributed by atoms with Gasteiger partial charge in [0.1, 0.15) is 22.8 Å². The number of hydrogen-bond acceptors (Lipinski definition) is 32. The fraction of sp³-hybridized carbons (Fsp3) is 0.333. The van der Waals surface area contributed by atoms with Crippen LogP contribution < -0.4 is 65.1 Å². The Hall–Kier alpha value is -9.68. The minimum Gasteiger partial charge on any atom is -0.422 e. The standard InChI is InChI=1S/C19H19Cl2N7O.C18H17Cl2N7O.C18H19Cl2N7O.C17H15Cl2N7O/c20-13-3-1-2-12(14(13)21)15-17(23)26-18(16(25-15)19-27-24-8-29-19)28-6-9-4-11(22)5-10(9)7-28;19-12-3-1-2-11(13(12)20)14-16(21)25-17(15(24-14)18-26-23-8-28-18)27-6-9-4-22-5-10(9)7-27;1-18(22)6-9(7-18)27(2)16-14(17-26-23-8-28-17)24-13(15(21)25-16)10-4-3-5-11(19)12(10)20;18-10-3-1-2-7(11(10)19)13-15(21)24-16(14(23-13)17-25-22-6-27-17)26-4-8-9(5-26)12(8)20/h1-3,8-11H,4-7,22H2,(H2,23,26);1-3,8-10,22H,4-7H2,(H2,21,25);3-5,8-9H,6-7,22H2,1-2H3,(H2,21,25);1-3,6,8-9,12H,4-5,20H2,(H2,21,24). The van der Waals surface area contributed by atoms with Crippen LogP contribution in [-0.4, -0.2) is 164 Å². The Labute approximate surface area is 679 Å². The average Bonchev–Trinajstić information content (AvgIpc) is 1.59. The van der Waals surface area contributed by atoms with Crippen LogP contribution in [0.4, 0.5) is 46.5 Å². The summed E-state index contributed by atoms with van der Waals surface area (Å²) in [5.41, 5.74) is 49.2. The first-order chi connectivity index (χ1) is 53.9. The van der Waals surface area contributed by atoms with Gasteiger partial charge in [0.2, 0.25) is 25.6 Å². The molecule has 0 amide bonds. The number of aromatic nitrogens is 16. The zero-order valence-corrected chi connectivity index (χ0v) is 65.6. The van der Waals surface area contributed by atoms with Crippen molar-refractivity contribution in [3.63, 3.8) is 0 Å². The zero-order chi connectivity index (χ0) is 78.1. The highest BCUT2D eigenvalue weighted by molar-refractivity contribution is 6.45. The number of benzene rings is 4. The highest BCUT2D eigenvalue weighted by atomic mass is 35.5. The number of hydrogen-bond donors (Lipinski definition) is 8. The number of fused-ring (bicyclic) bond motifs is 3. The van der Waals surface area contributed by atoms with E-state index in [2.05, 4.69) is 85.7 Å². The summed E-state index contributed by atoms with van der Waals surface area (Å²) in [4.78, 5) is 45.9. The van der Waals surface area contributed by atoms with E-state index in [-0.39, 0.29) is 70.5 Å². The first-order valence-corrected chi connectivity index (χ1v) is 38.5. The van der Waals surface area contributed by atoms with E-state index in [0.717, 1.165) is 78.0 Å². The van der Waals surface area contributed by atoms with E-state index in [9.17, 15) is 0 Å². The lowest BCUT2D eigenvalue weighted by atomic mass is 9.74. The lowest BCUT2D eigenvalue weighted by Crippen LogP contribution is -2.58. The number of piperidine rings is 1. The quantitative estimate of drug-likeness (QED) is 0.0531. The highest BCUT2D eigenvalue weighted by Gasteiger charge is 2.54. The third kappa shape index (κ3) is 15.1. The summed E-state index contributed by atoms with van der Waals surface area (Å²) in [6.45, 7) is 9.12. The van der Waals surface area contributed by atoms with Crippen molar-refractivity contribution >= 4 is 139 Å². The number of rotatable bonds is 13. The second-order valence-electron chi connectivity index (χ2n) is 28.8. The number of nitrogens with one attached hydrogen (secondary N) is 1. The number of nitrogens with two attached hydrogens (primary N) is 7. The molecule has 578 valence electrons. The fourth-order valence-corrected chi connectivity index (χ4v) is 17.2. The van der Waals surface area contributed by atoms with Crippen molar-refractivity contribution in [2.45, 2.75) is 56.3 Å². The third-order valence-corrected chi connectivity index (χ3v) is 24.6. The Morgan fingerprint density at radius 3 is 1.06 bits per heavy atom. The topological polar surface area (TPSA) is 466 Å². The molecule has 8 aromatic heterocycles. The normalized spacial score (nSPS) is 22.4. The van der Waals surface area contributed by atoms with Crippen molar-refractivity contribution in [2.75, 3.05) is 102 Å². The van der Waals surface area contributed by atoms with Gasteiger partial charge >= 0.3 is 0 Å². The lowest BCUT2D eigenvalue weighted by molar-refractivity contribution is 0.226. The van der Waals surface area contributed by atoms with E-state index in [0.29, 0.717) is 167 Å². The summed E-state index contributed by atoms with van der Waals surface area (Å²) in [7, 11) is 1.93. The van der Waals surface area contributed by atoms with E-state index in [1.807, 2.05) is 18.9 Å². The minimum atomic E-state index is -0.184. The first-order valence-electron chi connectivity index (χ1n) is 35.5. The van der Waals surface area contributed by atoms with Crippen LogP contribution in [-0.2, 0) is 0 Å². The van der Waals surface area contributed by atoms with Crippen LogP contribution >= 0.6 is 92.8 Å². The molecule has 12 aromatic rings. The van der Waals surface area contributed by atoms with Crippen LogP contribution in [0, 0.1) is 35.5 Å². The molecule has 15 N–H and O–H groups in total. The molecule has 7 aliphatic rings. The van der Waals surface area contributed by atoms with Crippen LogP contribution in [0.2, 0.25) is 40.2 Å². The average molecular weight is 1680 g/mol. The molecule has 4 aromatic carbocycles. The van der Waals surface area contributed by atoms with Crippen LogP contribution in [0.3, 0.4) is 0 Å². The Kier molecular flexibility index (Phi) is 21.4. The molecule has 112 heavy (non-hydrogen) atoms. The van der Waals surface area contributed by atoms with E-state index in [1.165, 1.54) is 25.6 Å². The molecule has 32 nitrogen and oxygen atoms in total. The van der Waals surface area contributed by atoms with Gasteiger partial charge in [-0.25, -0.2) is 39.9 Å². The maximum Gasteiger partial charge on any atom is 0.269 e. The van der Waals surface area contributed by atoms with Crippen molar-refractivity contribution < 1.29 is 17.7 Å². The molecule has 4 aliphatic heterocycles. The van der Waals surface area contributed by atoms with Crippen molar-refractivity contribution in [2.24, 2.45) is 52.7 Å². The molecule has 4 saturated heterocycles. The Morgan fingerprint density at radius 1 is 0.420 bits per heavy atom. The SMILES string of the molecule is CN(c1nc(N)c(-c2cccc(Cl)c2Cl)nc1-c1nnco1)C1CC(C)(N)C1.Nc1nc(N2CC3C(N)C3C2)c(-c2nnco2)nc1-c1cccc(Cl)c1Cl.Nc1nc(N2CC3CC(N)CC3C2)c(-c2nnco2)nc1-c1cccc(Cl)c1Cl.Nc1nc(N2CC3CNCC3C2)c(-c2nnco2)nc1-c1cccc(Cl)c1Cl. The van der Waals surface area contributed by atoms with Crippen molar-refractivity contribution in [1.29, 1.82) is 0 Å². The molecule has 40 heteroatoms. The van der Waals surface area contributed by atoms with Crippen LogP contribution in [0.25, 0.3) is 91.4 Å². The van der Waals surface area contributed by atoms with Gasteiger partial charge in [-0.15, -0.1) is 40.8 Å². The van der Waals surface area contributed by atoms with Gasteiger partial charge in [-0.05, 0) is 92.4 Å². The van der Waals surface area contributed by atoms with Crippen molar-refractivity contribution in [1.82, 2.24) is 86.0 Å². The monoisotopic (exact) mass is 1670 g/mol. The molecule has 0 bridgehead atoms. The van der Waals surface area contributed by atoms with Gasteiger partial charge < -0.3 is 82.7 Å². The molecule has 3 saturated carbocycles. The molecular weight excluding hydrogens is 1600 g/mol. The number of nitrogens with zero attached hydrogens (tertiary/aromatic N) is 20. The lowest BCUT2D eigenvalue weighted by Gasteiger charge is -2.47. The highest BCUT2D eigenvalue weighted by Crippen LogP contribution is 2.50. The molecule has 6 unspecified atom stereocenters. The maximum atomic E-state index is 6.39. The van der Waals surface area contributed by atoms with Crippen LogP contribution in [0.15, 0.2) is 116 Å². The third-order valence-electron chi connectivity index (χ3n) is 21.3. The number of nitrogen functional groups attached to an aromatic ring is 4. The number of anilines is 8. The van der Waals surface area contributed by atoms with Gasteiger partial charge in [0, 0.05) is 105 Å². The van der Waals surface area contributed by atoms with E-state index in [1.54, 1.807) is 72.8 Å². The van der Waals surface area contributed by atoms with Gasteiger partial charge in [0.05, 0.1) is 40.2 Å². The summed E-state index contributed by atoms with van der Waals surface area (Å²) in [6, 6.07) is 21.9. The fourth-order valence-electron chi connectivity index (χ4n) is 15.6. The summed E-state index contributed by atoms with van der Waals surface area (Å²) >= 11 is 50.1. The Balaban J connectivity index is 0.000000113. The molecule has 0 radical (unpaired) electrons. The first kappa shape index (κ1) is 76.3. The molecule has 3 aliphatic carbocycles. The van der Waals surface area contributed by atoms with Crippen molar-refractivity contribution in [3.8, 4) is 91.4 Å². The van der Waals surface area contributed by atoms with Crippen LogP contribution in [0.5, 0.6) is 0 Å². The maximum absolute atomic E-state index is 6.39. The Morgan fingerprint density at radius 2 is 0.732 bits per heavy atom. The summed E-state index contributed by atoms with van der Waals surface area (Å²) in [5.74, 6) is 7.75. The van der Waals surface area contributed by atoms with Gasteiger partial charge in [-0.1, -0.05) is 141 Å². The van der Waals surface area contributed by atoms with Gasteiger partial charge in [0.25, 0.3) is 23.6 Å². The van der Waals surface area contributed by atoms with Gasteiger partial charge in [0.15, 0.2) is 69.3 Å². The molecule has 12 heterocycles. The second kappa shape index (κ2) is 31.4. The predicted molar refractivity (Wildman–Crippen MR) is 430 cm³/mol. The largest absolute Gasteiger partial charge is 0.422 e. The molecule has 7 fully saturated rings. The van der Waals surface area contributed by atoms with E-state index >= 15 is 0 Å². The number of halogens is 8. The van der Waals surface area contributed by atoms with E-state index < -0.39 is 0 Å².